The van der Waals surface area contributed by atoms with E-state index in [1.54, 1.807) is 0 Å². The molecule has 1 heteroatoms. The topological polar surface area (TPSA) is 12.9 Å². The summed E-state index contributed by atoms with van der Waals surface area (Å²) in [7, 11) is 0. The van der Waals surface area contributed by atoms with E-state index in [1.807, 2.05) is 6.20 Å². The fourth-order valence-corrected chi connectivity index (χ4v) is 5.21. The van der Waals surface area contributed by atoms with Gasteiger partial charge in [-0.15, -0.1) is 0 Å². The molecule has 0 amide bonds. The molecule has 7 aromatic rings. The second-order valence-electron chi connectivity index (χ2n) is 8.39. The Morgan fingerprint density at radius 2 is 0.875 bits per heavy atom. The monoisotopic (exact) mass is 405 g/mol. The third kappa shape index (κ3) is 2.42. The van der Waals surface area contributed by atoms with Crippen molar-refractivity contribution in [2.45, 2.75) is 0 Å². The SMILES string of the molecule is c1ccc2c(c1)ccc1c(-c3nccc4c3ccc3c5ccccc5ccc43)cccc12. The highest BCUT2D eigenvalue weighted by Gasteiger charge is 2.13. The lowest BCUT2D eigenvalue weighted by molar-refractivity contribution is 1.37. The van der Waals surface area contributed by atoms with Crippen LogP contribution in [0.4, 0.5) is 0 Å². The second-order valence-corrected chi connectivity index (χ2v) is 8.39. The highest BCUT2D eigenvalue weighted by molar-refractivity contribution is 6.20. The van der Waals surface area contributed by atoms with Crippen molar-refractivity contribution in [3.8, 4) is 11.3 Å². The average molecular weight is 406 g/mol. The highest BCUT2D eigenvalue weighted by Crippen LogP contribution is 2.38. The Labute approximate surface area is 185 Å². The molecule has 0 N–H and O–H groups in total. The number of pyridine rings is 1. The first-order valence-corrected chi connectivity index (χ1v) is 11.0. The van der Waals surface area contributed by atoms with Crippen molar-refractivity contribution < 1.29 is 0 Å². The smallest absolute Gasteiger partial charge is 0.0786 e. The molecular weight excluding hydrogens is 386 g/mol. The summed E-state index contributed by atoms with van der Waals surface area (Å²) < 4.78 is 0. The van der Waals surface area contributed by atoms with Crippen molar-refractivity contribution >= 4 is 53.9 Å². The van der Waals surface area contributed by atoms with E-state index in [2.05, 4.69) is 109 Å². The summed E-state index contributed by atoms with van der Waals surface area (Å²) in [5.41, 5.74) is 2.22. The van der Waals surface area contributed by atoms with Gasteiger partial charge in [0.05, 0.1) is 5.69 Å². The van der Waals surface area contributed by atoms with Gasteiger partial charge in [0, 0.05) is 17.1 Å². The molecule has 148 valence electrons. The van der Waals surface area contributed by atoms with Crippen molar-refractivity contribution in [1.29, 1.82) is 0 Å². The molecule has 0 atom stereocenters. The van der Waals surface area contributed by atoms with Crippen LogP contribution in [0.2, 0.25) is 0 Å². The summed E-state index contributed by atoms with van der Waals surface area (Å²) in [5.74, 6) is 0. The van der Waals surface area contributed by atoms with Crippen molar-refractivity contribution in [3.63, 3.8) is 0 Å². The van der Waals surface area contributed by atoms with Gasteiger partial charge in [-0.25, -0.2) is 0 Å². The maximum absolute atomic E-state index is 4.88. The van der Waals surface area contributed by atoms with Gasteiger partial charge in [-0.2, -0.15) is 0 Å². The van der Waals surface area contributed by atoms with Crippen molar-refractivity contribution in [3.05, 3.63) is 115 Å². The van der Waals surface area contributed by atoms with E-state index in [4.69, 9.17) is 4.98 Å². The molecule has 6 aromatic carbocycles. The molecule has 0 aliphatic rings. The van der Waals surface area contributed by atoms with Crippen LogP contribution in [0, 0.1) is 0 Å². The Bertz CT molecular complexity index is 1830. The van der Waals surface area contributed by atoms with Gasteiger partial charge < -0.3 is 0 Å². The van der Waals surface area contributed by atoms with E-state index in [0.29, 0.717) is 0 Å². The summed E-state index contributed by atoms with van der Waals surface area (Å²) in [4.78, 5) is 4.88. The van der Waals surface area contributed by atoms with Gasteiger partial charge in [0.15, 0.2) is 0 Å². The Hall–Kier alpha value is -4.23. The zero-order valence-corrected chi connectivity index (χ0v) is 17.4. The van der Waals surface area contributed by atoms with Crippen molar-refractivity contribution in [2.24, 2.45) is 0 Å². The zero-order chi connectivity index (χ0) is 21.1. The van der Waals surface area contributed by atoms with Crippen LogP contribution in [-0.4, -0.2) is 4.98 Å². The lowest BCUT2D eigenvalue weighted by Gasteiger charge is -2.13. The third-order valence-electron chi connectivity index (χ3n) is 6.71. The van der Waals surface area contributed by atoms with E-state index in [9.17, 15) is 0 Å². The molecule has 7 rings (SSSR count). The van der Waals surface area contributed by atoms with Crippen LogP contribution in [0.1, 0.15) is 0 Å². The van der Waals surface area contributed by atoms with Crippen LogP contribution in [0.25, 0.3) is 65.1 Å². The van der Waals surface area contributed by atoms with Crippen LogP contribution in [-0.2, 0) is 0 Å². The van der Waals surface area contributed by atoms with Gasteiger partial charge >= 0.3 is 0 Å². The first-order chi connectivity index (χ1) is 15.9. The normalized spacial score (nSPS) is 11.8. The fourth-order valence-electron chi connectivity index (χ4n) is 5.21. The lowest BCUT2D eigenvalue weighted by atomic mass is 9.93. The maximum atomic E-state index is 4.88. The summed E-state index contributed by atoms with van der Waals surface area (Å²) in [6, 6.07) is 39.3. The average Bonchev–Trinajstić information content (AvgIpc) is 2.87. The molecule has 1 aromatic heterocycles. The number of fused-ring (bicyclic) bond motifs is 8. The molecule has 0 aliphatic carbocycles. The van der Waals surface area contributed by atoms with E-state index in [1.165, 1.54) is 59.4 Å². The minimum Gasteiger partial charge on any atom is -0.256 e. The molecule has 0 saturated heterocycles. The first kappa shape index (κ1) is 17.5. The highest BCUT2D eigenvalue weighted by atomic mass is 14.7. The van der Waals surface area contributed by atoms with Gasteiger partial charge in [-0.3, -0.25) is 4.98 Å². The van der Waals surface area contributed by atoms with E-state index in [-0.39, 0.29) is 0 Å². The van der Waals surface area contributed by atoms with Crippen LogP contribution in [0.3, 0.4) is 0 Å². The van der Waals surface area contributed by atoms with Crippen LogP contribution in [0.5, 0.6) is 0 Å². The summed E-state index contributed by atoms with van der Waals surface area (Å²) in [5, 5.41) is 12.6. The zero-order valence-electron chi connectivity index (χ0n) is 17.4. The van der Waals surface area contributed by atoms with E-state index in [0.717, 1.165) is 5.69 Å². The van der Waals surface area contributed by atoms with Gasteiger partial charge in [-0.1, -0.05) is 103 Å². The van der Waals surface area contributed by atoms with Gasteiger partial charge in [0.2, 0.25) is 0 Å². The molecule has 32 heavy (non-hydrogen) atoms. The Balaban J connectivity index is 1.57. The molecule has 0 bridgehead atoms. The summed E-state index contributed by atoms with van der Waals surface area (Å²) in [6.45, 7) is 0. The van der Waals surface area contributed by atoms with Crippen LogP contribution in [0.15, 0.2) is 115 Å². The summed E-state index contributed by atoms with van der Waals surface area (Å²) in [6.07, 6.45) is 1.95. The predicted octanol–water partition coefficient (Wildman–Crippen LogP) is 8.51. The van der Waals surface area contributed by atoms with E-state index >= 15 is 0 Å². The number of aromatic nitrogens is 1. The Morgan fingerprint density at radius 3 is 1.66 bits per heavy atom. The third-order valence-corrected chi connectivity index (χ3v) is 6.71. The minimum absolute atomic E-state index is 1.04. The quantitative estimate of drug-likeness (QED) is 0.249. The van der Waals surface area contributed by atoms with Crippen molar-refractivity contribution in [1.82, 2.24) is 4.98 Å². The number of rotatable bonds is 1. The maximum Gasteiger partial charge on any atom is 0.0786 e. The van der Waals surface area contributed by atoms with Crippen molar-refractivity contribution in [2.75, 3.05) is 0 Å². The van der Waals surface area contributed by atoms with Gasteiger partial charge in [0.25, 0.3) is 0 Å². The van der Waals surface area contributed by atoms with Crippen LogP contribution >= 0.6 is 0 Å². The van der Waals surface area contributed by atoms with Gasteiger partial charge in [-0.05, 0) is 54.5 Å². The largest absolute Gasteiger partial charge is 0.256 e. The predicted molar refractivity (Wildman–Crippen MR) is 137 cm³/mol. The van der Waals surface area contributed by atoms with Gasteiger partial charge in [0.1, 0.15) is 0 Å². The molecule has 1 heterocycles. The molecule has 0 spiro atoms. The van der Waals surface area contributed by atoms with Crippen LogP contribution < -0.4 is 0 Å². The second kappa shape index (κ2) is 6.63. The standard InChI is InChI=1S/C31H19N/c1-3-8-22-20(6-1)13-15-27-24(22)10-5-11-29(27)31-30-17-16-25-23-9-4-2-7-21(23)12-14-26(25)28(30)18-19-32-31/h1-19H. The Kier molecular flexibility index (Phi) is 3.62. The number of hydrogen-bond donors (Lipinski definition) is 0. The molecule has 0 radical (unpaired) electrons. The number of hydrogen-bond acceptors (Lipinski definition) is 1. The number of benzene rings is 6. The fraction of sp³-hybridized carbons (Fsp3) is 0. The number of nitrogens with zero attached hydrogens (tertiary/aromatic N) is 1. The molecule has 1 nitrogen and oxygen atoms in total. The Morgan fingerprint density at radius 1 is 0.344 bits per heavy atom. The minimum atomic E-state index is 1.04. The molecule has 0 aliphatic heterocycles. The molecule has 0 fully saturated rings. The molecule has 0 saturated carbocycles. The first-order valence-electron chi connectivity index (χ1n) is 11.0. The van der Waals surface area contributed by atoms with E-state index < -0.39 is 0 Å². The summed E-state index contributed by atoms with van der Waals surface area (Å²) >= 11 is 0. The molecule has 0 unspecified atom stereocenters. The lowest BCUT2D eigenvalue weighted by Crippen LogP contribution is -1.89. The molecular formula is C31H19N.